The molecule has 0 saturated carbocycles. The SMILES string of the molecule is CCCCCCCCCCCCC(O)C(=O)NC(COC1OC(CO)C(O)C(OS(=O)(=O)O)C1O)C(O)CCCCCCC. The Hall–Kier alpha value is -0.940. The first-order valence-corrected chi connectivity index (χ1v) is 17.9. The van der Waals surface area contributed by atoms with Crippen LogP contribution in [0.4, 0.5) is 0 Å². The summed E-state index contributed by atoms with van der Waals surface area (Å²) in [5, 5.41) is 54.4. The molecule has 1 rings (SSSR count). The van der Waals surface area contributed by atoms with Crippen molar-refractivity contribution in [3.63, 3.8) is 0 Å². The smallest absolute Gasteiger partial charge is 0.394 e. The molecule has 44 heavy (non-hydrogen) atoms. The minimum atomic E-state index is -5.09. The van der Waals surface area contributed by atoms with Crippen LogP contribution >= 0.6 is 0 Å². The molecular weight excluding hydrogens is 598 g/mol. The molecule has 1 heterocycles. The number of aliphatic hydroxyl groups is 5. The molecule has 1 fully saturated rings. The Labute approximate surface area is 263 Å². The summed E-state index contributed by atoms with van der Waals surface area (Å²) in [5.74, 6) is -0.680. The Morgan fingerprint density at radius 3 is 1.82 bits per heavy atom. The Balaban J connectivity index is 2.71. The maximum Gasteiger partial charge on any atom is 0.397 e. The summed E-state index contributed by atoms with van der Waals surface area (Å²) in [7, 11) is -5.09. The number of amides is 1. The van der Waals surface area contributed by atoms with Gasteiger partial charge in [-0.1, -0.05) is 110 Å². The van der Waals surface area contributed by atoms with E-state index in [0.717, 1.165) is 44.9 Å². The van der Waals surface area contributed by atoms with Crippen molar-refractivity contribution in [1.82, 2.24) is 5.32 Å². The number of carbonyl (C=O) groups excluding carboxylic acids is 1. The van der Waals surface area contributed by atoms with Gasteiger partial charge in [-0.3, -0.25) is 9.35 Å². The molecular formula is C30H59NO12S. The fourth-order valence-corrected chi connectivity index (χ4v) is 5.79. The van der Waals surface area contributed by atoms with E-state index >= 15 is 0 Å². The number of ether oxygens (including phenoxy) is 2. The first kappa shape index (κ1) is 41.1. The van der Waals surface area contributed by atoms with Crippen molar-refractivity contribution in [3.8, 4) is 0 Å². The molecule has 1 amide bonds. The molecule has 0 aromatic carbocycles. The zero-order chi connectivity index (χ0) is 33.0. The third-order valence-corrected chi connectivity index (χ3v) is 8.49. The van der Waals surface area contributed by atoms with Crippen LogP contribution in [0.2, 0.25) is 0 Å². The zero-order valence-electron chi connectivity index (χ0n) is 26.6. The third kappa shape index (κ3) is 17.1. The highest BCUT2D eigenvalue weighted by molar-refractivity contribution is 7.80. The van der Waals surface area contributed by atoms with Crippen molar-refractivity contribution in [3.05, 3.63) is 0 Å². The van der Waals surface area contributed by atoms with Gasteiger partial charge in [-0.2, -0.15) is 8.42 Å². The van der Waals surface area contributed by atoms with Crippen molar-refractivity contribution in [2.75, 3.05) is 13.2 Å². The molecule has 7 N–H and O–H groups in total. The number of hydrogen-bond acceptors (Lipinski definition) is 11. The summed E-state index contributed by atoms with van der Waals surface area (Å²) in [6.45, 7) is 3.08. The van der Waals surface area contributed by atoms with Gasteiger partial charge in [0, 0.05) is 0 Å². The van der Waals surface area contributed by atoms with Crippen LogP contribution in [0.5, 0.6) is 0 Å². The third-order valence-electron chi connectivity index (χ3n) is 8.02. The van der Waals surface area contributed by atoms with Crippen LogP contribution in [0.25, 0.3) is 0 Å². The lowest BCUT2D eigenvalue weighted by molar-refractivity contribution is -0.298. The molecule has 0 bridgehead atoms. The van der Waals surface area contributed by atoms with Crippen molar-refractivity contribution in [2.24, 2.45) is 0 Å². The average molecular weight is 658 g/mol. The molecule has 8 atom stereocenters. The van der Waals surface area contributed by atoms with Gasteiger partial charge in [0.25, 0.3) is 0 Å². The number of nitrogens with one attached hydrogen (secondary N) is 1. The second-order valence-corrected chi connectivity index (χ2v) is 12.9. The molecule has 0 aliphatic carbocycles. The van der Waals surface area contributed by atoms with E-state index in [4.69, 9.17) is 14.0 Å². The highest BCUT2D eigenvalue weighted by Crippen LogP contribution is 2.26. The Morgan fingerprint density at radius 2 is 1.32 bits per heavy atom. The highest BCUT2D eigenvalue weighted by atomic mass is 32.3. The molecule has 1 aliphatic rings. The summed E-state index contributed by atoms with van der Waals surface area (Å²) in [6.07, 6.45) is 5.37. The predicted molar refractivity (Wildman–Crippen MR) is 164 cm³/mol. The lowest BCUT2D eigenvalue weighted by Crippen LogP contribution is -2.61. The first-order valence-electron chi connectivity index (χ1n) is 16.5. The lowest BCUT2D eigenvalue weighted by atomic mass is 9.99. The Morgan fingerprint density at radius 1 is 0.818 bits per heavy atom. The van der Waals surface area contributed by atoms with Gasteiger partial charge in [0.1, 0.15) is 30.5 Å². The van der Waals surface area contributed by atoms with Gasteiger partial charge < -0.3 is 40.3 Å². The molecule has 1 aliphatic heterocycles. The maximum atomic E-state index is 12.8. The second kappa shape index (κ2) is 23.4. The summed E-state index contributed by atoms with van der Waals surface area (Å²) in [6, 6.07) is -1.02. The Kier molecular flexibility index (Phi) is 21.8. The van der Waals surface area contributed by atoms with E-state index in [2.05, 4.69) is 23.3 Å². The van der Waals surface area contributed by atoms with E-state index in [1.807, 2.05) is 0 Å². The van der Waals surface area contributed by atoms with Gasteiger partial charge >= 0.3 is 10.4 Å². The van der Waals surface area contributed by atoms with Crippen LogP contribution in [-0.4, -0.2) is 107 Å². The number of carbonyl (C=O) groups is 1. The van der Waals surface area contributed by atoms with E-state index in [-0.39, 0.29) is 6.42 Å². The number of hydrogen-bond donors (Lipinski definition) is 7. The first-order chi connectivity index (χ1) is 20.9. The summed E-state index contributed by atoms with van der Waals surface area (Å²) in [4.78, 5) is 12.8. The van der Waals surface area contributed by atoms with Crippen molar-refractivity contribution in [2.45, 2.75) is 172 Å². The van der Waals surface area contributed by atoms with Crippen molar-refractivity contribution < 1.29 is 57.0 Å². The van der Waals surface area contributed by atoms with Gasteiger partial charge in [0.15, 0.2) is 6.29 Å². The summed E-state index contributed by atoms with van der Waals surface area (Å²) in [5.41, 5.74) is 0. The quantitative estimate of drug-likeness (QED) is 0.0528. The lowest BCUT2D eigenvalue weighted by Gasteiger charge is -2.41. The van der Waals surface area contributed by atoms with Gasteiger partial charge in [0.2, 0.25) is 5.91 Å². The number of rotatable bonds is 26. The zero-order valence-corrected chi connectivity index (χ0v) is 27.4. The van der Waals surface area contributed by atoms with E-state index in [0.29, 0.717) is 19.3 Å². The topological polar surface area (TPSA) is 212 Å². The molecule has 14 heteroatoms. The van der Waals surface area contributed by atoms with Crippen LogP contribution in [0.15, 0.2) is 0 Å². The standard InChI is InChI=1S/C30H59NO12S/c1-3-5-7-9-10-11-12-13-15-17-19-24(34)29(37)31-22(23(33)18-16-14-8-6-4-2)21-41-30-27(36)28(43-44(38,39)40)26(35)25(20-32)42-30/h22-28,30,32-36H,3-21H2,1-2H3,(H,31,37)(H,38,39,40). The van der Waals surface area contributed by atoms with E-state index in [9.17, 15) is 38.7 Å². The van der Waals surface area contributed by atoms with Crippen molar-refractivity contribution in [1.29, 1.82) is 0 Å². The largest absolute Gasteiger partial charge is 0.397 e. The fraction of sp³-hybridized carbons (Fsp3) is 0.967. The van der Waals surface area contributed by atoms with Crippen LogP contribution in [0.3, 0.4) is 0 Å². The molecule has 0 spiro atoms. The minimum Gasteiger partial charge on any atom is -0.394 e. The number of aliphatic hydroxyl groups excluding tert-OH is 5. The Bertz CT molecular complexity index is 848. The summed E-state index contributed by atoms with van der Waals surface area (Å²) < 4.78 is 46.9. The molecule has 0 aromatic rings. The van der Waals surface area contributed by atoms with Gasteiger partial charge in [-0.15, -0.1) is 0 Å². The summed E-state index contributed by atoms with van der Waals surface area (Å²) >= 11 is 0. The van der Waals surface area contributed by atoms with Crippen LogP contribution in [0, 0.1) is 0 Å². The minimum absolute atomic E-state index is 0.262. The molecule has 0 radical (unpaired) electrons. The average Bonchev–Trinajstić information content (AvgIpc) is 2.98. The van der Waals surface area contributed by atoms with Gasteiger partial charge in [0.05, 0.1) is 25.4 Å². The normalized spacial score (nSPS) is 24.6. The molecule has 262 valence electrons. The van der Waals surface area contributed by atoms with Crippen LogP contribution in [-0.2, 0) is 28.9 Å². The number of unbranched alkanes of at least 4 members (excludes halogenated alkanes) is 13. The predicted octanol–water partition coefficient (Wildman–Crippen LogP) is 2.51. The van der Waals surface area contributed by atoms with Gasteiger partial charge in [-0.25, -0.2) is 4.18 Å². The fourth-order valence-electron chi connectivity index (χ4n) is 5.29. The van der Waals surface area contributed by atoms with Gasteiger partial charge in [-0.05, 0) is 12.8 Å². The monoisotopic (exact) mass is 657 g/mol. The van der Waals surface area contributed by atoms with E-state index < -0.39 is 78.5 Å². The molecule has 1 saturated heterocycles. The maximum absolute atomic E-state index is 12.8. The van der Waals surface area contributed by atoms with Crippen LogP contribution < -0.4 is 5.32 Å². The molecule has 0 aromatic heterocycles. The molecule has 8 unspecified atom stereocenters. The van der Waals surface area contributed by atoms with Crippen LogP contribution in [0.1, 0.15) is 123 Å². The van der Waals surface area contributed by atoms with Crippen molar-refractivity contribution >= 4 is 16.3 Å². The van der Waals surface area contributed by atoms with E-state index in [1.54, 1.807) is 0 Å². The molecule has 13 nitrogen and oxygen atoms in total. The highest BCUT2D eigenvalue weighted by Gasteiger charge is 2.48. The second-order valence-electron chi connectivity index (χ2n) is 11.9. The van der Waals surface area contributed by atoms with E-state index in [1.165, 1.54) is 38.5 Å².